The standard InChI is InChI=1S/C7H4N2O4/c10-4-8-5-2-1-3-6(7(5)11)9(12)13/h1-3,11H. The highest BCUT2D eigenvalue weighted by molar-refractivity contribution is 5.65. The van der Waals surface area contributed by atoms with Gasteiger partial charge in [0.05, 0.1) is 4.92 Å². The zero-order chi connectivity index (χ0) is 9.84. The molecular formula is C7H4N2O4. The first kappa shape index (κ1) is 8.89. The first-order chi connectivity index (χ1) is 6.16. The molecule has 0 atom stereocenters. The molecule has 0 spiro atoms. The molecule has 66 valence electrons. The van der Waals surface area contributed by atoms with Crippen molar-refractivity contribution in [2.75, 3.05) is 0 Å². The Bertz CT molecular complexity index is 375. The first-order valence-electron chi connectivity index (χ1n) is 3.21. The predicted molar refractivity (Wildman–Crippen MR) is 42.5 cm³/mol. The third kappa shape index (κ3) is 1.69. The van der Waals surface area contributed by atoms with E-state index in [0.717, 1.165) is 6.07 Å². The van der Waals surface area contributed by atoms with Crippen LogP contribution >= 0.6 is 0 Å². The Kier molecular flexibility index (Phi) is 2.37. The van der Waals surface area contributed by atoms with Crippen molar-refractivity contribution in [1.29, 1.82) is 0 Å². The molecule has 6 heteroatoms. The second kappa shape index (κ2) is 3.46. The molecule has 0 saturated heterocycles. The van der Waals surface area contributed by atoms with E-state index in [2.05, 4.69) is 4.99 Å². The number of isocyanates is 1. The maximum Gasteiger partial charge on any atom is 0.313 e. The normalized spacial score (nSPS) is 8.92. The predicted octanol–water partition coefficient (Wildman–Crippen LogP) is 1.27. The fourth-order valence-corrected chi connectivity index (χ4v) is 0.806. The Labute approximate surface area is 72.3 Å². The summed E-state index contributed by atoms with van der Waals surface area (Å²) in [6, 6.07) is 3.69. The third-order valence-electron chi connectivity index (χ3n) is 1.36. The van der Waals surface area contributed by atoms with Crippen LogP contribution < -0.4 is 0 Å². The number of hydrogen-bond donors (Lipinski definition) is 1. The number of phenolic OH excluding ortho intramolecular Hbond substituents is 1. The van der Waals surface area contributed by atoms with Crippen molar-refractivity contribution in [3.63, 3.8) is 0 Å². The Hall–Kier alpha value is -2.20. The lowest BCUT2D eigenvalue weighted by atomic mass is 10.2. The number of nitro benzene ring substituents is 1. The molecule has 1 rings (SSSR count). The van der Waals surface area contributed by atoms with Gasteiger partial charge in [0, 0.05) is 6.07 Å². The lowest BCUT2D eigenvalue weighted by Gasteiger charge is -1.96. The Morgan fingerprint density at radius 3 is 2.77 bits per heavy atom. The molecule has 0 aromatic heterocycles. The molecule has 1 aromatic carbocycles. The maximum atomic E-state index is 10.3. The van der Waals surface area contributed by atoms with Crippen LogP contribution in [-0.4, -0.2) is 16.1 Å². The summed E-state index contributed by atoms with van der Waals surface area (Å²) >= 11 is 0. The van der Waals surface area contributed by atoms with Crippen LogP contribution in [-0.2, 0) is 4.79 Å². The number of benzene rings is 1. The van der Waals surface area contributed by atoms with Gasteiger partial charge in [-0.1, -0.05) is 6.07 Å². The molecule has 0 fully saturated rings. The van der Waals surface area contributed by atoms with Crippen LogP contribution in [0.3, 0.4) is 0 Å². The molecule has 0 unspecified atom stereocenters. The maximum absolute atomic E-state index is 10.3. The molecular weight excluding hydrogens is 176 g/mol. The fourth-order valence-electron chi connectivity index (χ4n) is 0.806. The molecule has 0 saturated carbocycles. The fraction of sp³-hybridized carbons (Fsp3) is 0. The Morgan fingerprint density at radius 2 is 2.23 bits per heavy atom. The molecule has 13 heavy (non-hydrogen) atoms. The monoisotopic (exact) mass is 180 g/mol. The van der Waals surface area contributed by atoms with E-state index in [-0.39, 0.29) is 5.69 Å². The molecule has 6 nitrogen and oxygen atoms in total. The quantitative estimate of drug-likeness (QED) is 0.321. The minimum absolute atomic E-state index is 0.163. The van der Waals surface area contributed by atoms with Gasteiger partial charge in [0.15, 0.2) is 0 Å². The highest BCUT2D eigenvalue weighted by atomic mass is 16.6. The van der Waals surface area contributed by atoms with Crippen molar-refractivity contribution in [1.82, 2.24) is 0 Å². The molecule has 0 bridgehead atoms. The van der Waals surface area contributed by atoms with Gasteiger partial charge in [-0.3, -0.25) is 10.1 Å². The minimum atomic E-state index is -0.765. The topological polar surface area (TPSA) is 92.8 Å². The van der Waals surface area contributed by atoms with Gasteiger partial charge in [0.25, 0.3) is 0 Å². The van der Waals surface area contributed by atoms with Crippen LogP contribution in [0.1, 0.15) is 0 Å². The highest BCUT2D eigenvalue weighted by Gasteiger charge is 2.15. The molecule has 0 amide bonds. The van der Waals surface area contributed by atoms with Crippen LogP contribution in [0, 0.1) is 10.1 Å². The van der Waals surface area contributed by atoms with E-state index in [1.54, 1.807) is 0 Å². The van der Waals surface area contributed by atoms with Gasteiger partial charge in [0.1, 0.15) is 5.69 Å². The second-order valence-corrected chi connectivity index (χ2v) is 2.11. The average molecular weight is 180 g/mol. The molecule has 0 heterocycles. The van der Waals surface area contributed by atoms with Crippen LogP contribution in [0.25, 0.3) is 0 Å². The summed E-state index contributed by atoms with van der Waals surface area (Å²) in [7, 11) is 0. The molecule has 0 aliphatic heterocycles. The van der Waals surface area contributed by atoms with E-state index in [1.807, 2.05) is 0 Å². The van der Waals surface area contributed by atoms with Crippen molar-refractivity contribution in [3.8, 4) is 5.75 Å². The zero-order valence-corrected chi connectivity index (χ0v) is 6.30. The van der Waals surface area contributed by atoms with Crippen LogP contribution in [0.5, 0.6) is 5.75 Å². The first-order valence-corrected chi connectivity index (χ1v) is 3.21. The van der Waals surface area contributed by atoms with Gasteiger partial charge >= 0.3 is 5.69 Å². The average Bonchev–Trinajstić information content (AvgIpc) is 2.08. The molecule has 0 aliphatic rings. The third-order valence-corrected chi connectivity index (χ3v) is 1.36. The largest absolute Gasteiger partial charge is 0.501 e. The Morgan fingerprint density at radius 1 is 1.54 bits per heavy atom. The van der Waals surface area contributed by atoms with Crippen LogP contribution in [0.15, 0.2) is 23.2 Å². The number of hydrogen-bond acceptors (Lipinski definition) is 5. The number of rotatable bonds is 2. The zero-order valence-electron chi connectivity index (χ0n) is 6.30. The van der Waals surface area contributed by atoms with Crippen molar-refractivity contribution >= 4 is 17.5 Å². The van der Waals surface area contributed by atoms with Crippen molar-refractivity contribution in [2.24, 2.45) is 4.99 Å². The van der Waals surface area contributed by atoms with Crippen molar-refractivity contribution in [3.05, 3.63) is 28.3 Å². The summed E-state index contributed by atoms with van der Waals surface area (Å²) < 4.78 is 0. The van der Waals surface area contributed by atoms with E-state index in [0.29, 0.717) is 0 Å². The number of para-hydroxylation sites is 1. The number of aliphatic imine (C=N–C) groups is 1. The van der Waals surface area contributed by atoms with E-state index in [4.69, 9.17) is 0 Å². The van der Waals surface area contributed by atoms with Gasteiger partial charge in [-0.2, -0.15) is 4.99 Å². The number of aromatic hydroxyl groups is 1. The lowest BCUT2D eigenvalue weighted by Crippen LogP contribution is -1.87. The summed E-state index contributed by atoms with van der Waals surface area (Å²) in [5.41, 5.74) is -0.652. The van der Waals surface area contributed by atoms with E-state index >= 15 is 0 Å². The summed E-state index contributed by atoms with van der Waals surface area (Å²) in [5, 5.41) is 19.5. The summed E-state index contributed by atoms with van der Waals surface area (Å²) in [5.74, 6) is -0.629. The molecule has 1 N–H and O–H groups in total. The smallest absolute Gasteiger partial charge is 0.313 e. The molecule has 0 radical (unpaired) electrons. The highest BCUT2D eigenvalue weighted by Crippen LogP contribution is 2.34. The Balaban J connectivity index is 3.34. The minimum Gasteiger partial charge on any atom is -0.501 e. The van der Waals surface area contributed by atoms with Gasteiger partial charge in [-0.05, 0) is 6.07 Å². The van der Waals surface area contributed by atoms with Gasteiger partial charge < -0.3 is 5.11 Å². The van der Waals surface area contributed by atoms with E-state index < -0.39 is 16.4 Å². The van der Waals surface area contributed by atoms with Crippen molar-refractivity contribution in [2.45, 2.75) is 0 Å². The number of nitro groups is 1. The van der Waals surface area contributed by atoms with Gasteiger partial charge in [0.2, 0.25) is 11.8 Å². The number of nitrogens with zero attached hydrogens (tertiary/aromatic N) is 2. The van der Waals surface area contributed by atoms with Gasteiger partial charge in [-0.25, -0.2) is 4.79 Å². The van der Waals surface area contributed by atoms with E-state index in [1.165, 1.54) is 18.2 Å². The molecule has 0 aliphatic carbocycles. The van der Waals surface area contributed by atoms with Gasteiger partial charge in [-0.15, -0.1) is 0 Å². The number of carbonyl (C=O) groups excluding carboxylic acids is 1. The second-order valence-electron chi connectivity index (χ2n) is 2.11. The van der Waals surface area contributed by atoms with Crippen molar-refractivity contribution < 1.29 is 14.8 Å². The number of phenols is 1. The summed E-state index contributed by atoms with van der Waals surface area (Å²) in [4.78, 5) is 22.4. The van der Waals surface area contributed by atoms with Crippen LogP contribution in [0.2, 0.25) is 0 Å². The lowest BCUT2D eigenvalue weighted by molar-refractivity contribution is -0.385. The summed E-state index contributed by atoms with van der Waals surface area (Å²) in [6.45, 7) is 0. The summed E-state index contributed by atoms with van der Waals surface area (Å²) in [6.07, 6.45) is 1.18. The SMILES string of the molecule is O=C=Nc1cccc([N+](=O)[O-])c1O. The van der Waals surface area contributed by atoms with E-state index in [9.17, 15) is 20.0 Å². The molecule has 1 aromatic rings. The van der Waals surface area contributed by atoms with Crippen LogP contribution in [0.4, 0.5) is 11.4 Å².